The molecule has 0 spiro atoms. The Hall–Kier alpha value is -2.21. The fourth-order valence-corrected chi connectivity index (χ4v) is 1.25. The SMILES string of the molecule is C=CCNCC(=O)NCc1cc(C(=O)O)ccn1. The summed E-state index contributed by atoms with van der Waals surface area (Å²) in [6.45, 7) is 4.46. The van der Waals surface area contributed by atoms with E-state index >= 15 is 0 Å². The normalized spacial score (nSPS) is 9.78. The van der Waals surface area contributed by atoms with Gasteiger partial charge in [-0.3, -0.25) is 9.78 Å². The van der Waals surface area contributed by atoms with E-state index in [1.807, 2.05) is 0 Å². The zero-order chi connectivity index (χ0) is 13.4. The Balaban J connectivity index is 2.43. The van der Waals surface area contributed by atoms with E-state index in [1.165, 1.54) is 18.3 Å². The Morgan fingerprint density at radius 2 is 2.28 bits per heavy atom. The van der Waals surface area contributed by atoms with E-state index in [0.717, 1.165) is 0 Å². The quantitative estimate of drug-likeness (QED) is 0.473. The van der Waals surface area contributed by atoms with Gasteiger partial charge in [0.2, 0.25) is 5.91 Å². The van der Waals surface area contributed by atoms with Crippen LogP contribution in [0, 0.1) is 0 Å². The van der Waals surface area contributed by atoms with Gasteiger partial charge in [0.25, 0.3) is 0 Å². The Morgan fingerprint density at radius 1 is 1.50 bits per heavy atom. The molecule has 1 rings (SSSR count). The lowest BCUT2D eigenvalue weighted by atomic mass is 10.2. The molecule has 0 aliphatic heterocycles. The molecular weight excluding hydrogens is 234 g/mol. The minimum atomic E-state index is -1.02. The summed E-state index contributed by atoms with van der Waals surface area (Å²) in [5, 5.41) is 14.3. The van der Waals surface area contributed by atoms with Crippen LogP contribution in [0.2, 0.25) is 0 Å². The first-order valence-corrected chi connectivity index (χ1v) is 5.40. The third-order valence-electron chi connectivity index (χ3n) is 2.10. The van der Waals surface area contributed by atoms with Gasteiger partial charge >= 0.3 is 5.97 Å². The van der Waals surface area contributed by atoms with Crippen molar-refractivity contribution in [1.29, 1.82) is 0 Å². The number of carboxylic acids is 1. The smallest absolute Gasteiger partial charge is 0.335 e. The number of aromatic carboxylic acids is 1. The zero-order valence-electron chi connectivity index (χ0n) is 9.85. The molecule has 0 bridgehead atoms. The molecule has 0 aliphatic carbocycles. The van der Waals surface area contributed by atoms with Gasteiger partial charge in [0.1, 0.15) is 0 Å². The number of carboxylic acid groups (broad SMARTS) is 1. The average Bonchev–Trinajstić information content (AvgIpc) is 2.37. The molecule has 0 saturated carbocycles. The fraction of sp³-hybridized carbons (Fsp3) is 0.250. The van der Waals surface area contributed by atoms with E-state index in [0.29, 0.717) is 12.2 Å². The van der Waals surface area contributed by atoms with Crippen molar-refractivity contribution < 1.29 is 14.7 Å². The van der Waals surface area contributed by atoms with Gasteiger partial charge in [0.15, 0.2) is 0 Å². The minimum Gasteiger partial charge on any atom is -0.478 e. The molecule has 1 amide bonds. The molecule has 0 atom stereocenters. The number of pyridine rings is 1. The van der Waals surface area contributed by atoms with Crippen molar-refractivity contribution in [1.82, 2.24) is 15.6 Å². The average molecular weight is 249 g/mol. The predicted molar refractivity (Wildman–Crippen MR) is 66.1 cm³/mol. The van der Waals surface area contributed by atoms with Crippen LogP contribution in [0.3, 0.4) is 0 Å². The summed E-state index contributed by atoms with van der Waals surface area (Å²) in [6.07, 6.45) is 3.06. The summed E-state index contributed by atoms with van der Waals surface area (Å²) in [4.78, 5) is 26.1. The summed E-state index contributed by atoms with van der Waals surface area (Å²) < 4.78 is 0. The second-order valence-corrected chi connectivity index (χ2v) is 3.54. The third-order valence-corrected chi connectivity index (χ3v) is 2.10. The van der Waals surface area contributed by atoms with Gasteiger partial charge in [0, 0.05) is 12.7 Å². The minimum absolute atomic E-state index is 0.152. The summed E-state index contributed by atoms with van der Waals surface area (Å²) in [5.41, 5.74) is 0.658. The van der Waals surface area contributed by atoms with Crippen molar-refractivity contribution >= 4 is 11.9 Å². The summed E-state index contributed by atoms with van der Waals surface area (Å²) in [6, 6.07) is 2.83. The van der Waals surface area contributed by atoms with Crippen LogP contribution in [0.25, 0.3) is 0 Å². The number of nitrogens with zero attached hydrogens (tertiary/aromatic N) is 1. The number of hydrogen-bond donors (Lipinski definition) is 3. The highest BCUT2D eigenvalue weighted by molar-refractivity contribution is 5.87. The highest BCUT2D eigenvalue weighted by Crippen LogP contribution is 2.01. The van der Waals surface area contributed by atoms with E-state index < -0.39 is 5.97 Å². The molecule has 0 aliphatic rings. The molecular formula is C12H15N3O3. The van der Waals surface area contributed by atoms with Crippen LogP contribution in [-0.4, -0.2) is 35.1 Å². The molecule has 96 valence electrons. The molecule has 1 aromatic rings. The lowest BCUT2D eigenvalue weighted by molar-refractivity contribution is -0.120. The Kier molecular flexibility index (Phi) is 5.53. The van der Waals surface area contributed by atoms with E-state index in [-0.39, 0.29) is 24.6 Å². The number of carbonyl (C=O) groups excluding carboxylic acids is 1. The molecule has 0 fully saturated rings. The van der Waals surface area contributed by atoms with Crippen molar-refractivity contribution in [3.63, 3.8) is 0 Å². The van der Waals surface area contributed by atoms with E-state index in [4.69, 9.17) is 5.11 Å². The molecule has 0 aromatic carbocycles. The topological polar surface area (TPSA) is 91.3 Å². The first-order chi connectivity index (χ1) is 8.63. The second kappa shape index (κ2) is 7.18. The highest BCUT2D eigenvalue weighted by Gasteiger charge is 2.05. The number of rotatable bonds is 7. The monoisotopic (exact) mass is 249 g/mol. The lowest BCUT2D eigenvalue weighted by Gasteiger charge is -2.05. The van der Waals surface area contributed by atoms with Crippen LogP contribution < -0.4 is 10.6 Å². The van der Waals surface area contributed by atoms with Gasteiger partial charge in [-0.1, -0.05) is 6.08 Å². The molecule has 0 radical (unpaired) electrons. The van der Waals surface area contributed by atoms with Gasteiger partial charge in [-0.2, -0.15) is 0 Å². The van der Waals surface area contributed by atoms with E-state index in [2.05, 4.69) is 22.2 Å². The van der Waals surface area contributed by atoms with Crippen LogP contribution >= 0.6 is 0 Å². The maximum absolute atomic E-state index is 11.4. The number of amides is 1. The molecule has 3 N–H and O–H groups in total. The first-order valence-electron chi connectivity index (χ1n) is 5.40. The van der Waals surface area contributed by atoms with Crippen molar-refractivity contribution in [2.24, 2.45) is 0 Å². The highest BCUT2D eigenvalue weighted by atomic mass is 16.4. The number of hydrogen-bond acceptors (Lipinski definition) is 4. The largest absolute Gasteiger partial charge is 0.478 e. The Bertz CT molecular complexity index is 446. The maximum atomic E-state index is 11.4. The van der Waals surface area contributed by atoms with Gasteiger partial charge in [-0.25, -0.2) is 4.79 Å². The van der Waals surface area contributed by atoms with Crippen LogP contribution in [0.4, 0.5) is 0 Å². The summed E-state index contributed by atoms with van der Waals surface area (Å²) >= 11 is 0. The molecule has 0 unspecified atom stereocenters. The molecule has 18 heavy (non-hydrogen) atoms. The molecule has 6 heteroatoms. The number of nitrogens with one attached hydrogen (secondary N) is 2. The summed E-state index contributed by atoms with van der Waals surface area (Å²) in [5.74, 6) is -1.20. The van der Waals surface area contributed by atoms with Crippen LogP contribution in [0.1, 0.15) is 16.1 Å². The lowest BCUT2D eigenvalue weighted by Crippen LogP contribution is -2.33. The van der Waals surface area contributed by atoms with E-state index in [1.54, 1.807) is 6.08 Å². The van der Waals surface area contributed by atoms with Gasteiger partial charge in [-0.15, -0.1) is 6.58 Å². The van der Waals surface area contributed by atoms with Crippen LogP contribution in [0.15, 0.2) is 31.0 Å². The molecule has 1 aromatic heterocycles. The van der Waals surface area contributed by atoms with E-state index in [9.17, 15) is 9.59 Å². The number of aromatic nitrogens is 1. The van der Waals surface area contributed by atoms with Gasteiger partial charge in [0.05, 0.1) is 24.3 Å². The Morgan fingerprint density at radius 3 is 2.94 bits per heavy atom. The first kappa shape index (κ1) is 13.9. The molecule has 0 saturated heterocycles. The second-order valence-electron chi connectivity index (χ2n) is 3.54. The fourth-order valence-electron chi connectivity index (χ4n) is 1.25. The van der Waals surface area contributed by atoms with Gasteiger partial charge < -0.3 is 15.7 Å². The van der Waals surface area contributed by atoms with Gasteiger partial charge in [-0.05, 0) is 12.1 Å². The predicted octanol–water partition coefficient (Wildman–Crippen LogP) is 0.172. The van der Waals surface area contributed by atoms with Crippen molar-refractivity contribution in [3.05, 3.63) is 42.2 Å². The summed E-state index contributed by atoms with van der Waals surface area (Å²) in [7, 11) is 0. The molecule has 6 nitrogen and oxygen atoms in total. The Labute approximate surface area is 105 Å². The third kappa shape index (κ3) is 4.75. The van der Waals surface area contributed by atoms with Crippen molar-refractivity contribution in [3.8, 4) is 0 Å². The maximum Gasteiger partial charge on any atom is 0.335 e. The zero-order valence-corrected chi connectivity index (χ0v) is 9.85. The molecule has 1 heterocycles. The van der Waals surface area contributed by atoms with Crippen molar-refractivity contribution in [2.75, 3.05) is 13.1 Å². The standard InChI is InChI=1S/C12H15N3O3/c1-2-4-13-8-11(16)15-7-10-6-9(12(17)18)3-5-14-10/h2-3,5-6,13H,1,4,7-8H2,(H,15,16)(H,17,18). The van der Waals surface area contributed by atoms with Crippen molar-refractivity contribution in [2.45, 2.75) is 6.54 Å². The van der Waals surface area contributed by atoms with Crippen LogP contribution in [0.5, 0.6) is 0 Å². The van der Waals surface area contributed by atoms with Crippen LogP contribution in [-0.2, 0) is 11.3 Å². The number of carbonyl (C=O) groups is 2.